The van der Waals surface area contributed by atoms with Gasteiger partial charge in [0.1, 0.15) is 12.1 Å². The van der Waals surface area contributed by atoms with Crippen LogP contribution < -0.4 is 9.64 Å². The average Bonchev–Trinajstić information content (AvgIpc) is 3.08. The van der Waals surface area contributed by atoms with E-state index in [4.69, 9.17) is 4.74 Å². The van der Waals surface area contributed by atoms with Gasteiger partial charge in [0.05, 0.1) is 37.3 Å². The minimum Gasteiger partial charge on any atom is -0.481 e. The predicted octanol–water partition coefficient (Wildman–Crippen LogP) is 1.33. The fraction of sp³-hybridized carbons (Fsp3) is 0.556. The van der Waals surface area contributed by atoms with Gasteiger partial charge in [0.2, 0.25) is 11.8 Å². The Morgan fingerprint density at radius 1 is 1.19 bits per heavy atom. The van der Waals surface area contributed by atoms with Crippen LogP contribution in [0, 0.1) is 0 Å². The second kappa shape index (κ2) is 6.93. The number of methoxy groups -OCH3 is 1. The molecule has 0 bridgehead atoms. The van der Waals surface area contributed by atoms with Crippen molar-refractivity contribution in [3.8, 4) is 5.88 Å². The molecule has 1 saturated heterocycles. The second-order valence-corrected chi connectivity index (χ2v) is 6.93. The summed E-state index contributed by atoms with van der Waals surface area (Å²) in [5, 5.41) is 0. The standard InChI is InChI=1S/C18H24N6O2/c1-22-12-21-14-10-24(15-8-16(26-2)20-11-19-15)9-13(17(14)22)18(25)23-6-4-3-5-7-23/h8,11-13H,3-7,9-10H2,1-2H3. The number of nitrogens with zero attached hydrogens (tertiary/aromatic N) is 6. The summed E-state index contributed by atoms with van der Waals surface area (Å²) in [5.41, 5.74) is 1.96. The van der Waals surface area contributed by atoms with Crippen molar-refractivity contribution in [2.24, 2.45) is 7.05 Å². The molecule has 1 atom stereocenters. The lowest BCUT2D eigenvalue weighted by Crippen LogP contribution is -2.45. The molecule has 2 aliphatic rings. The van der Waals surface area contributed by atoms with Crippen LogP contribution in [0.3, 0.4) is 0 Å². The smallest absolute Gasteiger partial charge is 0.233 e. The van der Waals surface area contributed by atoms with Gasteiger partial charge in [0.15, 0.2) is 0 Å². The molecular formula is C18H24N6O2. The summed E-state index contributed by atoms with van der Waals surface area (Å²) in [6, 6.07) is 1.80. The Bertz CT molecular complexity index is 799. The van der Waals surface area contributed by atoms with E-state index in [1.807, 2.05) is 16.5 Å². The van der Waals surface area contributed by atoms with E-state index in [9.17, 15) is 4.79 Å². The van der Waals surface area contributed by atoms with Gasteiger partial charge >= 0.3 is 0 Å². The first-order valence-corrected chi connectivity index (χ1v) is 9.07. The minimum absolute atomic E-state index is 0.195. The molecular weight excluding hydrogens is 332 g/mol. The number of imidazole rings is 1. The summed E-state index contributed by atoms with van der Waals surface area (Å²) in [5.74, 6) is 1.23. The number of hydrogen-bond acceptors (Lipinski definition) is 6. The van der Waals surface area contributed by atoms with Crippen molar-refractivity contribution in [1.29, 1.82) is 0 Å². The van der Waals surface area contributed by atoms with Crippen molar-refractivity contribution in [1.82, 2.24) is 24.4 Å². The number of carbonyl (C=O) groups excluding carboxylic acids is 1. The van der Waals surface area contributed by atoms with Crippen LogP contribution in [0.4, 0.5) is 5.82 Å². The summed E-state index contributed by atoms with van der Waals surface area (Å²) < 4.78 is 7.20. The van der Waals surface area contributed by atoms with E-state index in [2.05, 4.69) is 19.9 Å². The molecule has 1 amide bonds. The Balaban J connectivity index is 1.65. The van der Waals surface area contributed by atoms with Crippen LogP contribution in [0.25, 0.3) is 0 Å². The number of carbonyl (C=O) groups is 1. The summed E-state index contributed by atoms with van der Waals surface area (Å²) in [7, 11) is 3.55. The molecule has 26 heavy (non-hydrogen) atoms. The van der Waals surface area contributed by atoms with Gasteiger partial charge < -0.3 is 19.1 Å². The van der Waals surface area contributed by atoms with Crippen LogP contribution in [0.15, 0.2) is 18.7 Å². The van der Waals surface area contributed by atoms with E-state index < -0.39 is 0 Å². The fourth-order valence-corrected chi connectivity index (χ4v) is 3.93. The van der Waals surface area contributed by atoms with E-state index in [1.165, 1.54) is 12.7 Å². The van der Waals surface area contributed by atoms with Gasteiger partial charge in [0, 0.05) is 32.7 Å². The number of likely N-dealkylation sites (tertiary alicyclic amines) is 1. The lowest BCUT2D eigenvalue weighted by Gasteiger charge is -2.36. The maximum atomic E-state index is 13.3. The van der Waals surface area contributed by atoms with Crippen molar-refractivity contribution in [2.45, 2.75) is 31.7 Å². The number of fused-ring (bicyclic) bond motifs is 1. The maximum Gasteiger partial charge on any atom is 0.233 e. The molecule has 0 aromatic carbocycles. The van der Waals surface area contributed by atoms with Crippen LogP contribution in [-0.4, -0.2) is 57.1 Å². The Labute approximate surface area is 152 Å². The third-order valence-electron chi connectivity index (χ3n) is 5.26. The monoisotopic (exact) mass is 356 g/mol. The summed E-state index contributed by atoms with van der Waals surface area (Å²) >= 11 is 0. The Morgan fingerprint density at radius 3 is 2.77 bits per heavy atom. The second-order valence-electron chi connectivity index (χ2n) is 6.93. The Morgan fingerprint density at radius 2 is 2.00 bits per heavy atom. The highest BCUT2D eigenvalue weighted by molar-refractivity contribution is 5.85. The molecule has 8 nitrogen and oxygen atoms in total. The van der Waals surface area contributed by atoms with Crippen LogP contribution in [-0.2, 0) is 18.4 Å². The van der Waals surface area contributed by atoms with Crippen LogP contribution >= 0.6 is 0 Å². The number of ether oxygens (including phenoxy) is 1. The zero-order valence-electron chi connectivity index (χ0n) is 15.3. The highest BCUT2D eigenvalue weighted by Crippen LogP contribution is 2.32. The quantitative estimate of drug-likeness (QED) is 0.826. The molecule has 2 aromatic heterocycles. The van der Waals surface area contributed by atoms with Gasteiger partial charge in [-0.3, -0.25) is 4.79 Å². The molecule has 0 saturated carbocycles. The molecule has 8 heteroatoms. The van der Waals surface area contributed by atoms with Gasteiger partial charge in [-0.1, -0.05) is 0 Å². The SMILES string of the molecule is COc1cc(N2Cc3ncn(C)c3C(C(=O)N3CCCCC3)C2)ncn1. The zero-order valence-corrected chi connectivity index (χ0v) is 15.3. The van der Waals surface area contributed by atoms with Crippen molar-refractivity contribution < 1.29 is 9.53 Å². The van der Waals surface area contributed by atoms with E-state index in [1.54, 1.807) is 19.5 Å². The number of aromatic nitrogens is 4. The van der Waals surface area contributed by atoms with E-state index in [0.29, 0.717) is 19.0 Å². The molecule has 0 aliphatic carbocycles. The molecule has 2 aliphatic heterocycles. The number of hydrogen-bond donors (Lipinski definition) is 0. The van der Waals surface area contributed by atoms with Crippen molar-refractivity contribution in [2.75, 3.05) is 31.6 Å². The molecule has 0 radical (unpaired) electrons. The van der Waals surface area contributed by atoms with Crippen LogP contribution in [0.5, 0.6) is 5.88 Å². The highest BCUT2D eigenvalue weighted by Gasteiger charge is 2.37. The topological polar surface area (TPSA) is 76.4 Å². The Kier molecular flexibility index (Phi) is 4.48. The maximum absolute atomic E-state index is 13.3. The van der Waals surface area contributed by atoms with Crippen molar-refractivity contribution in [3.05, 3.63) is 30.1 Å². The number of piperidine rings is 1. The third-order valence-corrected chi connectivity index (χ3v) is 5.26. The van der Waals surface area contributed by atoms with Gasteiger partial charge in [-0.2, -0.15) is 0 Å². The number of rotatable bonds is 3. The zero-order chi connectivity index (χ0) is 18.1. The first-order valence-electron chi connectivity index (χ1n) is 9.07. The number of amides is 1. The van der Waals surface area contributed by atoms with Crippen LogP contribution in [0.2, 0.25) is 0 Å². The first-order chi connectivity index (χ1) is 12.7. The fourth-order valence-electron chi connectivity index (χ4n) is 3.93. The Hall–Kier alpha value is -2.64. The van der Waals surface area contributed by atoms with E-state index in [0.717, 1.165) is 43.1 Å². The summed E-state index contributed by atoms with van der Waals surface area (Å²) in [6.45, 7) is 2.91. The molecule has 4 rings (SSSR count). The molecule has 0 spiro atoms. The molecule has 2 aromatic rings. The normalized spacial score (nSPS) is 20.0. The number of aryl methyl sites for hydroxylation is 1. The largest absolute Gasteiger partial charge is 0.481 e. The summed E-state index contributed by atoms with van der Waals surface area (Å²) in [6.07, 6.45) is 6.67. The van der Waals surface area contributed by atoms with Crippen molar-refractivity contribution in [3.63, 3.8) is 0 Å². The lowest BCUT2D eigenvalue weighted by molar-refractivity contribution is -0.133. The van der Waals surface area contributed by atoms with E-state index >= 15 is 0 Å². The summed E-state index contributed by atoms with van der Waals surface area (Å²) in [4.78, 5) is 30.3. The molecule has 1 fully saturated rings. The third kappa shape index (κ3) is 3.00. The average molecular weight is 356 g/mol. The highest BCUT2D eigenvalue weighted by atomic mass is 16.5. The van der Waals surface area contributed by atoms with Gasteiger partial charge in [-0.15, -0.1) is 0 Å². The molecule has 4 heterocycles. The molecule has 1 unspecified atom stereocenters. The predicted molar refractivity (Wildman–Crippen MR) is 96.0 cm³/mol. The number of anilines is 1. The first kappa shape index (κ1) is 16.8. The van der Waals surface area contributed by atoms with Gasteiger partial charge in [-0.05, 0) is 19.3 Å². The van der Waals surface area contributed by atoms with E-state index in [-0.39, 0.29) is 11.8 Å². The molecule has 138 valence electrons. The molecule has 0 N–H and O–H groups in total. The van der Waals surface area contributed by atoms with Gasteiger partial charge in [0.25, 0.3) is 0 Å². The van der Waals surface area contributed by atoms with Crippen LogP contribution in [0.1, 0.15) is 36.6 Å². The van der Waals surface area contributed by atoms with Crippen molar-refractivity contribution >= 4 is 11.7 Å². The lowest BCUT2D eigenvalue weighted by atomic mass is 9.95. The minimum atomic E-state index is -0.231. The van der Waals surface area contributed by atoms with Gasteiger partial charge in [-0.25, -0.2) is 15.0 Å².